The fourth-order valence-corrected chi connectivity index (χ4v) is 4.73. The van der Waals surface area contributed by atoms with Gasteiger partial charge in [0.05, 0.1) is 17.4 Å². The Morgan fingerprint density at radius 3 is 2.29 bits per heavy atom. The van der Waals surface area contributed by atoms with Crippen molar-refractivity contribution in [3.63, 3.8) is 0 Å². The zero-order valence-corrected chi connectivity index (χ0v) is 19.4. The molecule has 0 bridgehead atoms. The van der Waals surface area contributed by atoms with Crippen molar-refractivity contribution >= 4 is 33.2 Å². The third-order valence-corrected chi connectivity index (χ3v) is 6.52. The summed E-state index contributed by atoms with van der Waals surface area (Å²) < 4.78 is 0. The van der Waals surface area contributed by atoms with E-state index in [-0.39, 0.29) is 6.04 Å². The highest BCUT2D eigenvalue weighted by atomic mass is 15.5. The van der Waals surface area contributed by atoms with Gasteiger partial charge < -0.3 is 4.90 Å². The van der Waals surface area contributed by atoms with Crippen molar-refractivity contribution in [2.24, 2.45) is 0 Å². The summed E-state index contributed by atoms with van der Waals surface area (Å²) in [4.78, 5) is 4.19. The van der Waals surface area contributed by atoms with E-state index >= 15 is 0 Å². The van der Waals surface area contributed by atoms with E-state index < -0.39 is 0 Å². The summed E-state index contributed by atoms with van der Waals surface area (Å²) in [6, 6.07) is 29.8. The molecule has 0 saturated carbocycles. The van der Waals surface area contributed by atoms with Crippen molar-refractivity contribution in [2.75, 3.05) is 4.90 Å². The number of hydrogen-bond donors (Lipinski definition) is 0. The molecule has 4 nitrogen and oxygen atoms in total. The first-order chi connectivity index (χ1) is 16.7. The Labute approximate surface area is 199 Å². The molecule has 0 fully saturated rings. The van der Waals surface area contributed by atoms with Crippen LogP contribution in [0.5, 0.6) is 0 Å². The monoisotopic (exact) mass is 442 g/mol. The quantitative estimate of drug-likeness (QED) is 0.293. The van der Waals surface area contributed by atoms with Gasteiger partial charge in [-0.3, -0.25) is 0 Å². The van der Waals surface area contributed by atoms with Gasteiger partial charge in [0.1, 0.15) is 11.0 Å². The average molecular weight is 443 g/mol. The van der Waals surface area contributed by atoms with Crippen LogP contribution in [0.25, 0.3) is 27.5 Å². The maximum atomic E-state index is 4.89. The molecule has 1 unspecified atom stereocenters. The molecule has 4 heteroatoms. The smallest absolute Gasteiger partial charge is 0.121 e. The number of para-hydroxylation sites is 1. The summed E-state index contributed by atoms with van der Waals surface area (Å²) in [6.07, 6.45) is 7.81. The molecule has 1 aliphatic carbocycles. The lowest BCUT2D eigenvalue weighted by molar-refractivity contribution is 0.766. The Balaban J connectivity index is 1.59. The maximum absolute atomic E-state index is 4.89. The van der Waals surface area contributed by atoms with Crippen molar-refractivity contribution < 1.29 is 0 Å². The van der Waals surface area contributed by atoms with Gasteiger partial charge in [-0.15, -0.1) is 10.2 Å². The fourth-order valence-electron chi connectivity index (χ4n) is 4.73. The van der Waals surface area contributed by atoms with Crippen LogP contribution >= 0.6 is 0 Å². The number of aromatic nitrogens is 3. The fraction of sp³-hybridized carbons (Fsp3) is 0.133. The maximum Gasteiger partial charge on any atom is 0.121 e. The Morgan fingerprint density at radius 2 is 1.56 bits per heavy atom. The van der Waals surface area contributed by atoms with Crippen LogP contribution in [0, 0.1) is 6.92 Å². The zero-order chi connectivity index (χ0) is 23.1. The van der Waals surface area contributed by atoms with Gasteiger partial charge in [0.15, 0.2) is 0 Å². The van der Waals surface area contributed by atoms with E-state index in [0.717, 1.165) is 34.2 Å². The van der Waals surface area contributed by atoms with Crippen LogP contribution < -0.4 is 4.90 Å². The Kier molecular flexibility index (Phi) is 4.99. The minimum absolute atomic E-state index is 0.219. The molecule has 0 radical (unpaired) electrons. The highest BCUT2D eigenvalue weighted by Crippen LogP contribution is 2.39. The SMILES string of the molecule is CC1=CCC(N(c2ccc(C)cc2)c2cc3nn(-c4ccccc4)nc3c3ccccc23)C=C1. The summed E-state index contributed by atoms with van der Waals surface area (Å²) in [5.41, 5.74) is 7.65. The Hall–Kier alpha value is -4.18. The molecule has 0 spiro atoms. The number of aryl methyl sites for hydroxylation is 1. The van der Waals surface area contributed by atoms with Crippen molar-refractivity contribution in [2.45, 2.75) is 26.3 Å². The molecule has 0 saturated heterocycles. The molecule has 5 aromatic rings. The van der Waals surface area contributed by atoms with E-state index in [1.54, 1.807) is 4.80 Å². The van der Waals surface area contributed by atoms with Crippen LogP contribution in [-0.2, 0) is 0 Å². The molecule has 1 aliphatic rings. The lowest BCUT2D eigenvalue weighted by atomic mass is 9.98. The highest BCUT2D eigenvalue weighted by molar-refractivity contribution is 6.11. The minimum Gasteiger partial charge on any atom is -0.334 e. The average Bonchev–Trinajstić information content (AvgIpc) is 3.32. The molecule has 1 heterocycles. The van der Waals surface area contributed by atoms with Gasteiger partial charge in [-0.25, -0.2) is 0 Å². The van der Waals surface area contributed by atoms with E-state index in [1.807, 2.05) is 30.3 Å². The van der Waals surface area contributed by atoms with E-state index in [2.05, 4.69) is 91.6 Å². The molecule has 1 aromatic heterocycles. The zero-order valence-electron chi connectivity index (χ0n) is 19.4. The van der Waals surface area contributed by atoms with Gasteiger partial charge >= 0.3 is 0 Å². The first kappa shape index (κ1) is 20.4. The van der Waals surface area contributed by atoms with Crippen LogP contribution in [-0.4, -0.2) is 21.0 Å². The molecule has 0 aliphatic heterocycles. The number of benzene rings is 4. The van der Waals surface area contributed by atoms with Crippen molar-refractivity contribution in [3.8, 4) is 5.69 Å². The number of rotatable bonds is 4. The first-order valence-corrected chi connectivity index (χ1v) is 11.7. The highest BCUT2D eigenvalue weighted by Gasteiger charge is 2.23. The Bertz CT molecular complexity index is 1540. The van der Waals surface area contributed by atoms with E-state index in [1.165, 1.54) is 22.2 Å². The summed E-state index contributed by atoms with van der Waals surface area (Å²) in [7, 11) is 0. The van der Waals surface area contributed by atoms with E-state index in [4.69, 9.17) is 10.2 Å². The molecular weight excluding hydrogens is 416 g/mol. The van der Waals surface area contributed by atoms with Gasteiger partial charge in [-0.2, -0.15) is 4.80 Å². The van der Waals surface area contributed by atoms with Crippen molar-refractivity contribution in [1.29, 1.82) is 0 Å². The van der Waals surface area contributed by atoms with Crippen molar-refractivity contribution in [1.82, 2.24) is 15.0 Å². The summed E-state index contributed by atoms with van der Waals surface area (Å²) in [5.74, 6) is 0. The summed E-state index contributed by atoms with van der Waals surface area (Å²) >= 11 is 0. The van der Waals surface area contributed by atoms with Gasteiger partial charge in [0.25, 0.3) is 0 Å². The largest absolute Gasteiger partial charge is 0.334 e. The molecule has 0 N–H and O–H groups in total. The number of hydrogen-bond acceptors (Lipinski definition) is 3. The van der Waals surface area contributed by atoms with Gasteiger partial charge in [-0.05, 0) is 50.6 Å². The van der Waals surface area contributed by atoms with Crippen LogP contribution in [0.4, 0.5) is 11.4 Å². The number of allylic oxidation sites excluding steroid dienone is 2. The molecule has 34 heavy (non-hydrogen) atoms. The van der Waals surface area contributed by atoms with Crippen LogP contribution in [0.1, 0.15) is 18.9 Å². The Morgan fingerprint density at radius 1 is 0.824 bits per heavy atom. The molecule has 166 valence electrons. The minimum atomic E-state index is 0.219. The summed E-state index contributed by atoms with van der Waals surface area (Å²) in [5, 5.41) is 12.1. The lowest BCUT2D eigenvalue weighted by Gasteiger charge is -2.34. The summed E-state index contributed by atoms with van der Waals surface area (Å²) in [6.45, 7) is 4.29. The second-order valence-corrected chi connectivity index (χ2v) is 8.95. The lowest BCUT2D eigenvalue weighted by Crippen LogP contribution is -2.30. The van der Waals surface area contributed by atoms with Crippen LogP contribution in [0.3, 0.4) is 0 Å². The predicted octanol–water partition coefficient (Wildman–Crippen LogP) is 7.30. The van der Waals surface area contributed by atoms with Gasteiger partial charge in [0, 0.05) is 16.5 Å². The molecule has 1 atom stereocenters. The predicted molar refractivity (Wildman–Crippen MR) is 141 cm³/mol. The molecular formula is C30H26N4. The number of fused-ring (bicyclic) bond motifs is 3. The van der Waals surface area contributed by atoms with Gasteiger partial charge in [-0.1, -0.05) is 84.0 Å². The van der Waals surface area contributed by atoms with Crippen molar-refractivity contribution in [3.05, 3.63) is 114 Å². The third-order valence-electron chi connectivity index (χ3n) is 6.52. The third kappa shape index (κ3) is 3.57. The standard InChI is InChI=1S/C30H26N4/c1-21-12-16-23(17-13-21)33(24-18-14-22(2)15-19-24)29-20-28-30(27-11-7-6-10-26(27)29)32-34(31-28)25-8-4-3-5-9-25/h3-18,20,24H,19H2,1-2H3. The van der Waals surface area contributed by atoms with E-state index in [9.17, 15) is 0 Å². The van der Waals surface area contributed by atoms with Gasteiger partial charge in [0.2, 0.25) is 0 Å². The molecule has 4 aromatic carbocycles. The second kappa shape index (κ2) is 8.31. The van der Waals surface area contributed by atoms with E-state index in [0.29, 0.717) is 0 Å². The molecule has 6 rings (SSSR count). The topological polar surface area (TPSA) is 34.0 Å². The normalized spacial score (nSPS) is 15.6. The second-order valence-electron chi connectivity index (χ2n) is 8.95. The van der Waals surface area contributed by atoms with Crippen LogP contribution in [0.15, 0.2) is 109 Å². The number of anilines is 2. The van der Waals surface area contributed by atoms with Crippen LogP contribution in [0.2, 0.25) is 0 Å². The number of nitrogens with zero attached hydrogens (tertiary/aromatic N) is 4. The molecule has 0 amide bonds. The first-order valence-electron chi connectivity index (χ1n) is 11.7.